The molecule has 4 heterocycles. The molecule has 0 radical (unpaired) electrons. The third-order valence-electron chi connectivity index (χ3n) is 7.28. The van der Waals surface area contributed by atoms with Gasteiger partial charge in [0.05, 0.1) is 30.2 Å². The van der Waals surface area contributed by atoms with Gasteiger partial charge in [0.2, 0.25) is 0 Å². The molecule has 2 aromatic heterocycles. The number of hydrogen-bond donors (Lipinski definition) is 0. The maximum atomic E-state index is 11.8. The lowest BCUT2D eigenvalue weighted by molar-refractivity contribution is 0.0259. The molecule has 32 heavy (non-hydrogen) atoms. The molecule has 6 heteroatoms. The number of para-hydroxylation sites is 1. The van der Waals surface area contributed by atoms with Crippen molar-refractivity contribution in [1.29, 1.82) is 0 Å². The largest absolute Gasteiger partial charge is 0.374 e. The number of rotatable bonds is 6. The Bertz CT molecular complexity index is 1300. The fourth-order valence-electron chi connectivity index (χ4n) is 5.58. The highest BCUT2D eigenvalue weighted by Gasteiger charge is 2.25. The highest BCUT2D eigenvalue weighted by Crippen LogP contribution is 2.37. The summed E-state index contributed by atoms with van der Waals surface area (Å²) >= 11 is 0. The predicted octanol–water partition coefficient (Wildman–Crippen LogP) is 3.60. The zero-order valence-electron chi connectivity index (χ0n) is 18.7. The van der Waals surface area contributed by atoms with Crippen molar-refractivity contribution < 1.29 is 9.53 Å². The lowest BCUT2D eigenvalue weighted by Crippen LogP contribution is -2.44. The Morgan fingerprint density at radius 3 is 2.62 bits per heavy atom. The van der Waals surface area contributed by atoms with Gasteiger partial charge in [0.25, 0.3) is 0 Å². The SMILES string of the molecule is CN1CCN(CCCOC2Cn3cc(C=O)c4ccc5c6ccccc6n(c5c43)C2)CC1. The number of benzene rings is 2. The Hall–Kier alpha value is -2.67. The summed E-state index contributed by atoms with van der Waals surface area (Å²) in [4.78, 5) is 16.7. The summed E-state index contributed by atoms with van der Waals surface area (Å²) in [5, 5.41) is 3.55. The van der Waals surface area contributed by atoms with Crippen LogP contribution in [0.5, 0.6) is 0 Å². The molecule has 0 bridgehead atoms. The van der Waals surface area contributed by atoms with Crippen LogP contribution >= 0.6 is 0 Å². The normalized spacial score (nSPS) is 20.0. The fourth-order valence-corrected chi connectivity index (χ4v) is 5.58. The van der Waals surface area contributed by atoms with E-state index in [-0.39, 0.29) is 6.10 Å². The Morgan fingerprint density at radius 1 is 0.969 bits per heavy atom. The van der Waals surface area contributed by atoms with E-state index in [1.54, 1.807) is 0 Å². The minimum Gasteiger partial charge on any atom is -0.374 e. The van der Waals surface area contributed by atoms with Gasteiger partial charge >= 0.3 is 0 Å². The second-order valence-electron chi connectivity index (χ2n) is 9.33. The van der Waals surface area contributed by atoms with Crippen LogP contribution in [0.2, 0.25) is 0 Å². The average molecular weight is 431 g/mol. The third kappa shape index (κ3) is 3.25. The van der Waals surface area contributed by atoms with Gasteiger partial charge in [0.15, 0.2) is 6.29 Å². The molecule has 0 saturated carbocycles. The Morgan fingerprint density at radius 2 is 1.78 bits per heavy atom. The molecule has 0 amide bonds. The molecule has 1 fully saturated rings. The van der Waals surface area contributed by atoms with Crippen LogP contribution < -0.4 is 0 Å². The third-order valence-corrected chi connectivity index (χ3v) is 7.28. The molecule has 1 unspecified atom stereocenters. The molecule has 4 aromatic rings. The highest BCUT2D eigenvalue weighted by atomic mass is 16.5. The molecule has 1 atom stereocenters. The fraction of sp³-hybridized carbons (Fsp3) is 0.423. The number of likely N-dealkylation sites (N-methyl/N-ethyl adjacent to an activating group) is 1. The second-order valence-corrected chi connectivity index (χ2v) is 9.33. The van der Waals surface area contributed by atoms with E-state index in [9.17, 15) is 4.79 Å². The molecule has 0 spiro atoms. The molecule has 6 nitrogen and oxygen atoms in total. The van der Waals surface area contributed by atoms with Crippen molar-refractivity contribution in [1.82, 2.24) is 18.9 Å². The number of piperazine rings is 1. The highest BCUT2D eigenvalue weighted by molar-refractivity contribution is 6.19. The monoisotopic (exact) mass is 430 g/mol. The van der Waals surface area contributed by atoms with Crippen LogP contribution in [0.15, 0.2) is 42.6 Å². The Balaban J connectivity index is 1.29. The number of carbonyl (C=O) groups excluding carboxylic acids is 1. The number of aldehydes is 1. The van der Waals surface area contributed by atoms with Crippen LogP contribution in [0.4, 0.5) is 0 Å². The van der Waals surface area contributed by atoms with Crippen LogP contribution in [0.25, 0.3) is 32.7 Å². The van der Waals surface area contributed by atoms with E-state index in [2.05, 4.69) is 62.4 Å². The van der Waals surface area contributed by atoms with Gasteiger partial charge in [0, 0.05) is 72.8 Å². The Kier molecular flexibility index (Phi) is 5.01. The van der Waals surface area contributed by atoms with Crippen LogP contribution in [-0.2, 0) is 17.8 Å². The molecular weight excluding hydrogens is 400 g/mol. The first-order chi connectivity index (χ1) is 15.7. The zero-order chi connectivity index (χ0) is 21.7. The summed E-state index contributed by atoms with van der Waals surface area (Å²) in [7, 11) is 2.20. The van der Waals surface area contributed by atoms with Crippen molar-refractivity contribution in [2.75, 3.05) is 46.4 Å². The van der Waals surface area contributed by atoms with Gasteiger partial charge in [0.1, 0.15) is 0 Å². The first-order valence-electron chi connectivity index (χ1n) is 11.7. The van der Waals surface area contributed by atoms with Crippen LogP contribution in [-0.4, -0.2) is 77.7 Å². The van der Waals surface area contributed by atoms with Gasteiger partial charge < -0.3 is 23.7 Å². The number of aromatic nitrogens is 2. The topological polar surface area (TPSA) is 42.6 Å². The van der Waals surface area contributed by atoms with Gasteiger partial charge in [-0.25, -0.2) is 0 Å². The molecule has 0 N–H and O–H groups in total. The number of ether oxygens (including phenoxy) is 1. The summed E-state index contributed by atoms with van der Waals surface area (Å²) < 4.78 is 11.1. The van der Waals surface area contributed by atoms with Gasteiger partial charge in [-0.2, -0.15) is 0 Å². The number of hydrogen-bond acceptors (Lipinski definition) is 4. The van der Waals surface area contributed by atoms with E-state index < -0.39 is 0 Å². The second kappa shape index (κ2) is 8.03. The molecule has 166 valence electrons. The van der Waals surface area contributed by atoms with Gasteiger partial charge in [-0.1, -0.05) is 30.3 Å². The minimum atomic E-state index is 0.0731. The standard InChI is InChI=1S/C26H30N4O2/c1-27-10-12-28(13-11-27)9-4-14-32-20-16-29-15-19(18-31)21-7-8-23-22-5-2-3-6-24(22)30(17-20)26(23)25(21)29/h2-3,5-8,15,18,20H,4,9-14,16-17H2,1H3. The number of fused-ring (bicyclic) bond motifs is 3. The van der Waals surface area contributed by atoms with E-state index in [4.69, 9.17) is 4.74 Å². The van der Waals surface area contributed by atoms with Crippen molar-refractivity contribution in [2.24, 2.45) is 0 Å². The Labute approximate surface area is 187 Å². The molecule has 6 rings (SSSR count). The smallest absolute Gasteiger partial charge is 0.152 e. The van der Waals surface area contributed by atoms with Crippen LogP contribution in [0.3, 0.4) is 0 Å². The molecular formula is C26H30N4O2. The van der Waals surface area contributed by atoms with Gasteiger partial charge in [-0.15, -0.1) is 0 Å². The van der Waals surface area contributed by atoms with E-state index in [0.29, 0.717) is 0 Å². The summed E-state index contributed by atoms with van der Waals surface area (Å²) in [6.07, 6.45) is 4.11. The predicted molar refractivity (Wildman–Crippen MR) is 129 cm³/mol. The maximum Gasteiger partial charge on any atom is 0.152 e. The molecule has 1 saturated heterocycles. The van der Waals surface area contributed by atoms with Crippen molar-refractivity contribution >= 4 is 39.0 Å². The quantitative estimate of drug-likeness (QED) is 0.346. The lowest BCUT2D eigenvalue weighted by Gasteiger charge is -2.32. The summed E-state index contributed by atoms with van der Waals surface area (Å²) in [5.74, 6) is 0. The van der Waals surface area contributed by atoms with Crippen molar-refractivity contribution in [3.8, 4) is 0 Å². The summed E-state index contributed by atoms with van der Waals surface area (Å²) in [6.45, 7) is 8.07. The maximum absolute atomic E-state index is 11.8. The van der Waals surface area contributed by atoms with Gasteiger partial charge in [-0.05, 0) is 19.5 Å². The van der Waals surface area contributed by atoms with Crippen LogP contribution in [0, 0.1) is 0 Å². The molecule has 2 aliphatic heterocycles. The van der Waals surface area contributed by atoms with Crippen molar-refractivity contribution in [3.05, 3.63) is 48.2 Å². The van der Waals surface area contributed by atoms with E-state index in [1.807, 2.05) is 6.20 Å². The van der Waals surface area contributed by atoms with Gasteiger partial charge in [-0.3, -0.25) is 4.79 Å². The van der Waals surface area contributed by atoms with Crippen molar-refractivity contribution in [3.63, 3.8) is 0 Å². The molecule has 0 aliphatic carbocycles. The van der Waals surface area contributed by atoms with E-state index in [1.165, 1.54) is 21.8 Å². The van der Waals surface area contributed by atoms with Crippen LogP contribution in [0.1, 0.15) is 16.8 Å². The first kappa shape index (κ1) is 20.0. The number of carbonyl (C=O) groups is 1. The van der Waals surface area contributed by atoms with E-state index >= 15 is 0 Å². The van der Waals surface area contributed by atoms with Crippen molar-refractivity contribution in [2.45, 2.75) is 25.6 Å². The summed E-state index contributed by atoms with van der Waals surface area (Å²) in [5.41, 5.74) is 4.38. The molecule has 2 aromatic carbocycles. The average Bonchev–Trinajstić information content (AvgIpc) is 3.27. The van der Waals surface area contributed by atoms with E-state index in [0.717, 1.165) is 81.6 Å². The summed E-state index contributed by atoms with van der Waals surface area (Å²) in [6, 6.07) is 12.9. The zero-order valence-corrected chi connectivity index (χ0v) is 18.7. The lowest BCUT2D eigenvalue weighted by atomic mass is 10.1. The minimum absolute atomic E-state index is 0.0731. The molecule has 2 aliphatic rings. The number of nitrogens with zero attached hydrogens (tertiary/aromatic N) is 4. The first-order valence-corrected chi connectivity index (χ1v) is 11.7.